The fraction of sp³-hybridized carbons (Fsp3) is 0.444. The van der Waals surface area contributed by atoms with Crippen LogP contribution in [0.5, 0.6) is 0 Å². The zero-order valence-corrected chi connectivity index (χ0v) is 15.4. The molecule has 0 amide bonds. The molecule has 1 aromatic carbocycles. The van der Waals surface area contributed by atoms with Gasteiger partial charge in [0.05, 0.1) is 5.69 Å². The molecule has 26 heavy (non-hydrogen) atoms. The van der Waals surface area contributed by atoms with E-state index in [4.69, 9.17) is 0 Å². The average Bonchev–Trinajstić information content (AvgIpc) is 3.10. The van der Waals surface area contributed by atoms with Gasteiger partial charge in [0.2, 0.25) is 10.0 Å². The summed E-state index contributed by atoms with van der Waals surface area (Å²) < 4.78 is 40.7. The quantitative estimate of drug-likeness (QED) is 0.830. The molecule has 0 radical (unpaired) electrons. The van der Waals surface area contributed by atoms with Crippen LogP contribution in [0.15, 0.2) is 36.8 Å². The Morgan fingerprint density at radius 1 is 1.27 bits per heavy atom. The molecule has 2 heterocycles. The van der Waals surface area contributed by atoms with Crippen molar-refractivity contribution in [2.45, 2.75) is 37.4 Å². The standard InChI is InChI=1S/C18H22FN3O3S/c1-14(23)2-7-17-12-21-13-22(17)26(24,25)18(8-10-20-11-9-18)15-3-5-16(19)6-4-15/h3-6,12-13,20H,2,7-11H2,1H3. The number of carbonyl (C=O) groups is 1. The lowest BCUT2D eigenvalue weighted by atomic mass is 9.89. The third-order valence-electron chi connectivity index (χ3n) is 4.95. The molecule has 8 heteroatoms. The molecule has 1 fully saturated rings. The molecular weight excluding hydrogens is 357 g/mol. The van der Waals surface area contributed by atoms with Gasteiger partial charge in [-0.1, -0.05) is 12.1 Å². The van der Waals surface area contributed by atoms with Gasteiger partial charge in [0.1, 0.15) is 22.7 Å². The zero-order valence-electron chi connectivity index (χ0n) is 14.6. The predicted octanol–water partition coefficient (Wildman–Crippen LogP) is 2.00. The second-order valence-electron chi connectivity index (χ2n) is 6.64. The first-order valence-electron chi connectivity index (χ1n) is 8.59. The van der Waals surface area contributed by atoms with E-state index in [-0.39, 0.29) is 12.2 Å². The van der Waals surface area contributed by atoms with Crippen LogP contribution in [-0.2, 0) is 26.0 Å². The van der Waals surface area contributed by atoms with E-state index in [9.17, 15) is 17.6 Å². The van der Waals surface area contributed by atoms with Crippen LogP contribution in [0.3, 0.4) is 0 Å². The van der Waals surface area contributed by atoms with Crippen LogP contribution in [0, 0.1) is 5.82 Å². The van der Waals surface area contributed by atoms with Gasteiger partial charge in [-0.3, -0.25) is 0 Å². The van der Waals surface area contributed by atoms with Crippen molar-refractivity contribution in [3.63, 3.8) is 0 Å². The summed E-state index contributed by atoms with van der Waals surface area (Å²) in [6, 6.07) is 5.67. The van der Waals surface area contributed by atoms with Crippen LogP contribution >= 0.6 is 0 Å². The maximum atomic E-state index is 13.6. The molecule has 1 aromatic heterocycles. The highest BCUT2D eigenvalue weighted by atomic mass is 32.2. The molecule has 0 saturated carbocycles. The molecule has 0 spiro atoms. The molecule has 6 nitrogen and oxygen atoms in total. The van der Waals surface area contributed by atoms with Gasteiger partial charge in [-0.15, -0.1) is 0 Å². The summed E-state index contributed by atoms with van der Waals surface area (Å²) in [6.45, 7) is 2.57. The van der Waals surface area contributed by atoms with Gasteiger partial charge in [-0.05, 0) is 57.0 Å². The molecule has 1 saturated heterocycles. The SMILES string of the molecule is CC(=O)CCc1cncn1S(=O)(=O)C1(c2ccc(F)cc2)CCNCC1. The minimum Gasteiger partial charge on any atom is -0.317 e. The Bertz CT molecular complexity index is 885. The van der Waals surface area contributed by atoms with Crippen molar-refractivity contribution in [1.82, 2.24) is 14.3 Å². The number of hydrogen-bond acceptors (Lipinski definition) is 5. The van der Waals surface area contributed by atoms with E-state index in [1.807, 2.05) is 0 Å². The molecule has 2 aromatic rings. The second-order valence-corrected chi connectivity index (χ2v) is 8.76. The fourth-order valence-corrected chi connectivity index (χ4v) is 5.63. The number of nitrogens with zero attached hydrogens (tertiary/aromatic N) is 2. The van der Waals surface area contributed by atoms with Gasteiger partial charge in [0.15, 0.2) is 0 Å². The highest BCUT2D eigenvalue weighted by Crippen LogP contribution is 2.40. The number of aromatic nitrogens is 2. The summed E-state index contributed by atoms with van der Waals surface area (Å²) in [5, 5.41) is 3.18. The summed E-state index contributed by atoms with van der Waals surface area (Å²) in [6.07, 6.45) is 4.10. The van der Waals surface area contributed by atoms with E-state index in [2.05, 4.69) is 10.3 Å². The number of carbonyl (C=O) groups excluding carboxylic acids is 1. The lowest BCUT2D eigenvalue weighted by Crippen LogP contribution is -2.47. The molecule has 0 atom stereocenters. The number of aryl methyl sites for hydroxylation is 1. The Morgan fingerprint density at radius 2 is 1.92 bits per heavy atom. The highest BCUT2D eigenvalue weighted by molar-refractivity contribution is 7.90. The van der Waals surface area contributed by atoms with Crippen molar-refractivity contribution in [1.29, 1.82) is 0 Å². The Morgan fingerprint density at radius 3 is 2.54 bits per heavy atom. The first-order chi connectivity index (χ1) is 12.4. The van der Waals surface area contributed by atoms with Crippen molar-refractivity contribution in [3.8, 4) is 0 Å². The topological polar surface area (TPSA) is 81.1 Å². The van der Waals surface area contributed by atoms with Crippen LogP contribution in [0.2, 0.25) is 0 Å². The molecule has 140 valence electrons. The number of imidazole rings is 1. The van der Waals surface area contributed by atoms with Crippen LogP contribution in [-0.4, -0.2) is 36.2 Å². The molecular formula is C18H22FN3O3S. The van der Waals surface area contributed by atoms with Gasteiger partial charge < -0.3 is 10.1 Å². The van der Waals surface area contributed by atoms with Crippen LogP contribution in [0.1, 0.15) is 37.4 Å². The molecule has 0 aliphatic carbocycles. The van der Waals surface area contributed by atoms with Crippen molar-refractivity contribution in [2.75, 3.05) is 13.1 Å². The van der Waals surface area contributed by atoms with Gasteiger partial charge in [-0.25, -0.2) is 21.8 Å². The number of ketones is 1. The van der Waals surface area contributed by atoms with E-state index >= 15 is 0 Å². The van der Waals surface area contributed by atoms with Crippen LogP contribution in [0.4, 0.5) is 4.39 Å². The minimum absolute atomic E-state index is 0.00902. The lowest BCUT2D eigenvalue weighted by molar-refractivity contribution is -0.117. The minimum atomic E-state index is -3.84. The van der Waals surface area contributed by atoms with Crippen LogP contribution in [0.25, 0.3) is 0 Å². The van der Waals surface area contributed by atoms with Gasteiger partial charge in [0.25, 0.3) is 0 Å². The molecule has 0 unspecified atom stereocenters. The van der Waals surface area contributed by atoms with Gasteiger partial charge in [0, 0.05) is 12.6 Å². The number of Topliss-reactive ketones (excluding diaryl/α,β-unsaturated/α-hetero) is 1. The number of piperidine rings is 1. The normalized spacial score (nSPS) is 17.2. The van der Waals surface area contributed by atoms with Crippen LogP contribution < -0.4 is 5.32 Å². The number of hydrogen-bond donors (Lipinski definition) is 1. The highest BCUT2D eigenvalue weighted by Gasteiger charge is 2.47. The average molecular weight is 379 g/mol. The first-order valence-corrected chi connectivity index (χ1v) is 10.0. The van der Waals surface area contributed by atoms with Gasteiger partial charge in [-0.2, -0.15) is 0 Å². The van der Waals surface area contributed by atoms with Crippen molar-refractivity contribution in [2.24, 2.45) is 0 Å². The van der Waals surface area contributed by atoms with Crippen molar-refractivity contribution in [3.05, 3.63) is 53.9 Å². The molecule has 0 bridgehead atoms. The van der Waals surface area contributed by atoms with E-state index < -0.39 is 20.6 Å². The predicted molar refractivity (Wildman–Crippen MR) is 95.7 cm³/mol. The van der Waals surface area contributed by atoms with Crippen molar-refractivity contribution < 1.29 is 17.6 Å². The monoisotopic (exact) mass is 379 g/mol. The molecule has 1 aliphatic rings. The third kappa shape index (κ3) is 3.31. The van der Waals surface area contributed by atoms with E-state index in [1.54, 1.807) is 12.1 Å². The Kier molecular flexibility index (Phi) is 5.24. The first kappa shape index (κ1) is 18.7. The summed E-state index contributed by atoms with van der Waals surface area (Å²) in [5.41, 5.74) is 1.06. The molecule has 1 aliphatic heterocycles. The maximum Gasteiger partial charge on any atom is 0.250 e. The summed E-state index contributed by atoms with van der Waals surface area (Å²) in [5.74, 6) is -0.412. The third-order valence-corrected chi connectivity index (χ3v) is 7.42. The Balaban J connectivity index is 2.08. The summed E-state index contributed by atoms with van der Waals surface area (Å²) in [4.78, 5) is 15.3. The maximum absolute atomic E-state index is 13.6. The van der Waals surface area contributed by atoms with E-state index in [0.717, 1.165) is 0 Å². The van der Waals surface area contributed by atoms with E-state index in [1.165, 1.54) is 35.6 Å². The van der Waals surface area contributed by atoms with E-state index in [0.29, 0.717) is 43.6 Å². The number of rotatable bonds is 6. The lowest BCUT2D eigenvalue weighted by Gasteiger charge is -2.37. The smallest absolute Gasteiger partial charge is 0.250 e. The largest absolute Gasteiger partial charge is 0.317 e. The zero-order chi connectivity index (χ0) is 18.8. The summed E-state index contributed by atoms with van der Waals surface area (Å²) >= 11 is 0. The number of benzene rings is 1. The number of halogens is 1. The Labute approximate surface area is 152 Å². The fourth-order valence-electron chi connectivity index (χ4n) is 3.47. The summed E-state index contributed by atoms with van der Waals surface area (Å²) in [7, 11) is -3.84. The van der Waals surface area contributed by atoms with Gasteiger partial charge >= 0.3 is 0 Å². The number of nitrogens with one attached hydrogen (secondary N) is 1. The molecule has 3 rings (SSSR count). The molecule has 1 N–H and O–H groups in total. The Hall–Kier alpha value is -2.06. The van der Waals surface area contributed by atoms with Crippen molar-refractivity contribution >= 4 is 15.8 Å². The second kappa shape index (κ2) is 7.28.